The highest BCUT2D eigenvalue weighted by molar-refractivity contribution is 5.82. The number of rotatable bonds is 7. The minimum Gasteiger partial charge on any atom is -0.497 e. The molecule has 1 aliphatic heterocycles. The summed E-state index contributed by atoms with van der Waals surface area (Å²) in [6.07, 6.45) is 0.842. The molecule has 0 radical (unpaired) electrons. The van der Waals surface area contributed by atoms with Crippen molar-refractivity contribution >= 4 is 11.9 Å². The number of nitrogens with zero attached hydrogens (tertiary/aromatic N) is 2. The molecule has 1 aromatic rings. The molecular weight excluding hydrogens is 334 g/mol. The van der Waals surface area contributed by atoms with Gasteiger partial charge in [-0.3, -0.25) is 9.79 Å². The number of hydrogen-bond acceptors (Lipinski definition) is 5. The average molecular weight is 363 g/mol. The van der Waals surface area contributed by atoms with Crippen LogP contribution in [-0.4, -0.2) is 64.3 Å². The minimum atomic E-state index is -0.150. The highest BCUT2D eigenvalue weighted by Gasteiger charge is 2.36. The van der Waals surface area contributed by atoms with Gasteiger partial charge in [-0.2, -0.15) is 0 Å². The summed E-state index contributed by atoms with van der Waals surface area (Å²) in [5, 5.41) is 3.34. The van der Waals surface area contributed by atoms with E-state index in [1.165, 1.54) is 7.11 Å². The number of hydrogen-bond donors (Lipinski definition) is 1. The molecule has 2 unspecified atom stereocenters. The van der Waals surface area contributed by atoms with Gasteiger partial charge in [-0.25, -0.2) is 0 Å². The lowest BCUT2D eigenvalue weighted by atomic mass is 9.99. The predicted octanol–water partition coefficient (Wildman–Crippen LogP) is 1.78. The van der Waals surface area contributed by atoms with Crippen LogP contribution in [0.1, 0.15) is 13.3 Å². The Kier molecular flexibility index (Phi) is 7.56. The van der Waals surface area contributed by atoms with Crippen molar-refractivity contribution in [3.63, 3.8) is 0 Å². The first-order valence-corrected chi connectivity index (χ1v) is 8.89. The monoisotopic (exact) mass is 363 g/mol. The maximum absolute atomic E-state index is 11.8. The quantitative estimate of drug-likeness (QED) is 0.345. The molecule has 0 amide bonds. The Bertz CT molecular complexity index is 603. The largest absolute Gasteiger partial charge is 0.497 e. The number of carbonyl (C=O) groups is 1. The average Bonchev–Trinajstić information content (AvgIpc) is 3.06. The summed E-state index contributed by atoms with van der Waals surface area (Å²) in [5.41, 5.74) is 0. The van der Waals surface area contributed by atoms with Gasteiger partial charge in [-0.15, -0.1) is 0 Å². The predicted molar refractivity (Wildman–Crippen MR) is 101 cm³/mol. The van der Waals surface area contributed by atoms with Crippen LogP contribution in [0.15, 0.2) is 29.3 Å². The van der Waals surface area contributed by atoms with Gasteiger partial charge in [0.15, 0.2) is 5.96 Å². The second-order valence-corrected chi connectivity index (χ2v) is 6.36. The molecule has 144 valence electrons. The van der Waals surface area contributed by atoms with Gasteiger partial charge in [0.05, 0.1) is 26.7 Å². The van der Waals surface area contributed by atoms with Crippen molar-refractivity contribution < 1.29 is 19.0 Å². The molecular formula is C19H29N3O4. The SMILES string of the molecule is CN=C(NCCCOc1ccc(OC)cc1)N1CC(C)C(C(=O)OC)C1. The van der Waals surface area contributed by atoms with Crippen molar-refractivity contribution in [3.8, 4) is 11.5 Å². The Balaban J connectivity index is 1.71. The standard InChI is InChI=1S/C19H29N3O4/c1-14-12-22(13-17(14)18(23)25-4)19(20-2)21-10-5-11-26-16-8-6-15(24-3)7-9-16/h6-9,14,17H,5,10-13H2,1-4H3,(H,20,21). The zero-order valence-electron chi connectivity index (χ0n) is 16.0. The molecule has 1 aliphatic rings. The van der Waals surface area contributed by atoms with Crippen LogP contribution in [0.2, 0.25) is 0 Å². The van der Waals surface area contributed by atoms with Gasteiger partial charge >= 0.3 is 5.97 Å². The number of esters is 1. The maximum Gasteiger partial charge on any atom is 0.310 e. The van der Waals surface area contributed by atoms with E-state index in [2.05, 4.69) is 22.1 Å². The van der Waals surface area contributed by atoms with E-state index in [1.807, 2.05) is 24.3 Å². The second kappa shape index (κ2) is 9.89. The van der Waals surface area contributed by atoms with E-state index in [9.17, 15) is 4.79 Å². The first-order valence-electron chi connectivity index (χ1n) is 8.89. The van der Waals surface area contributed by atoms with Crippen molar-refractivity contribution in [2.75, 3.05) is 47.5 Å². The van der Waals surface area contributed by atoms with E-state index < -0.39 is 0 Å². The lowest BCUT2D eigenvalue weighted by Gasteiger charge is -2.21. The molecule has 0 spiro atoms. The molecule has 2 atom stereocenters. The van der Waals surface area contributed by atoms with Crippen molar-refractivity contribution in [2.45, 2.75) is 13.3 Å². The number of carbonyl (C=O) groups excluding carboxylic acids is 1. The smallest absolute Gasteiger partial charge is 0.310 e. The first-order chi connectivity index (χ1) is 12.6. The Morgan fingerprint density at radius 3 is 2.54 bits per heavy atom. The topological polar surface area (TPSA) is 72.4 Å². The summed E-state index contributed by atoms with van der Waals surface area (Å²) in [5.74, 6) is 2.45. The number of benzene rings is 1. The molecule has 1 heterocycles. The molecule has 7 nitrogen and oxygen atoms in total. The van der Waals surface area contributed by atoms with E-state index in [4.69, 9.17) is 14.2 Å². The summed E-state index contributed by atoms with van der Waals surface area (Å²) in [7, 11) is 4.84. The molecule has 0 aliphatic carbocycles. The number of ether oxygens (including phenoxy) is 3. The van der Waals surface area contributed by atoms with Crippen molar-refractivity contribution in [1.29, 1.82) is 0 Å². The lowest BCUT2D eigenvalue weighted by molar-refractivity contribution is -0.145. The van der Waals surface area contributed by atoms with Crippen LogP contribution in [0.5, 0.6) is 11.5 Å². The minimum absolute atomic E-state index is 0.100. The molecule has 26 heavy (non-hydrogen) atoms. The maximum atomic E-state index is 11.8. The summed E-state index contributed by atoms with van der Waals surface area (Å²) in [6, 6.07) is 7.54. The van der Waals surface area contributed by atoms with Gasteiger partial charge in [-0.1, -0.05) is 6.92 Å². The number of nitrogens with one attached hydrogen (secondary N) is 1. The third kappa shape index (κ3) is 5.28. The van der Waals surface area contributed by atoms with Crippen LogP contribution in [0, 0.1) is 11.8 Å². The third-order valence-corrected chi connectivity index (χ3v) is 4.56. The van der Waals surface area contributed by atoms with E-state index in [1.54, 1.807) is 14.2 Å². The highest BCUT2D eigenvalue weighted by atomic mass is 16.5. The summed E-state index contributed by atoms with van der Waals surface area (Å²) < 4.78 is 15.7. The number of likely N-dealkylation sites (tertiary alicyclic amines) is 1. The van der Waals surface area contributed by atoms with E-state index in [-0.39, 0.29) is 17.8 Å². The molecule has 1 N–H and O–H groups in total. The number of methoxy groups -OCH3 is 2. The van der Waals surface area contributed by atoms with E-state index >= 15 is 0 Å². The van der Waals surface area contributed by atoms with Crippen molar-refractivity contribution in [1.82, 2.24) is 10.2 Å². The Hall–Kier alpha value is -2.44. The summed E-state index contributed by atoms with van der Waals surface area (Å²) >= 11 is 0. The van der Waals surface area contributed by atoms with Crippen LogP contribution in [-0.2, 0) is 9.53 Å². The summed E-state index contributed by atoms with van der Waals surface area (Å²) in [4.78, 5) is 18.3. The fourth-order valence-electron chi connectivity index (χ4n) is 3.06. The lowest BCUT2D eigenvalue weighted by Crippen LogP contribution is -2.41. The van der Waals surface area contributed by atoms with Gasteiger partial charge < -0.3 is 24.4 Å². The van der Waals surface area contributed by atoms with Gasteiger partial charge in [0.1, 0.15) is 11.5 Å². The molecule has 1 saturated heterocycles. The Labute approximate surface area is 155 Å². The summed E-state index contributed by atoms with van der Waals surface area (Å²) in [6.45, 7) is 4.85. The van der Waals surface area contributed by atoms with Gasteiger partial charge in [0.2, 0.25) is 0 Å². The Morgan fingerprint density at radius 1 is 1.23 bits per heavy atom. The molecule has 7 heteroatoms. The van der Waals surface area contributed by atoms with E-state index in [0.717, 1.165) is 37.0 Å². The number of guanidine groups is 1. The van der Waals surface area contributed by atoms with Gasteiger partial charge in [0, 0.05) is 26.7 Å². The zero-order valence-corrected chi connectivity index (χ0v) is 16.0. The van der Waals surface area contributed by atoms with Crippen LogP contribution >= 0.6 is 0 Å². The zero-order chi connectivity index (χ0) is 18.9. The second-order valence-electron chi connectivity index (χ2n) is 6.36. The van der Waals surface area contributed by atoms with Crippen molar-refractivity contribution in [2.24, 2.45) is 16.8 Å². The fraction of sp³-hybridized carbons (Fsp3) is 0.579. The fourth-order valence-corrected chi connectivity index (χ4v) is 3.06. The molecule has 2 rings (SSSR count). The third-order valence-electron chi connectivity index (χ3n) is 4.56. The molecule has 1 aromatic carbocycles. The van der Waals surface area contributed by atoms with Crippen LogP contribution in [0.4, 0.5) is 0 Å². The van der Waals surface area contributed by atoms with Crippen molar-refractivity contribution in [3.05, 3.63) is 24.3 Å². The highest BCUT2D eigenvalue weighted by Crippen LogP contribution is 2.24. The van der Waals surface area contributed by atoms with Crippen LogP contribution in [0.3, 0.4) is 0 Å². The molecule has 1 fully saturated rings. The first kappa shape index (κ1) is 19.9. The van der Waals surface area contributed by atoms with Gasteiger partial charge in [-0.05, 0) is 36.6 Å². The molecule has 0 saturated carbocycles. The number of aliphatic imine (C=N–C) groups is 1. The normalized spacial score (nSPS) is 20.0. The van der Waals surface area contributed by atoms with Crippen LogP contribution in [0.25, 0.3) is 0 Å². The van der Waals surface area contributed by atoms with E-state index in [0.29, 0.717) is 13.2 Å². The van der Waals surface area contributed by atoms with Crippen LogP contribution < -0.4 is 14.8 Å². The molecule has 0 bridgehead atoms. The van der Waals surface area contributed by atoms with Gasteiger partial charge in [0.25, 0.3) is 0 Å². The molecule has 0 aromatic heterocycles. The Morgan fingerprint density at radius 2 is 1.92 bits per heavy atom.